The Hall–Kier alpha value is -2.43. The minimum absolute atomic E-state index is 0.0413. The van der Waals surface area contributed by atoms with Gasteiger partial charge in [0.1, 0.15) is 5.82 Å². The summed E-state index contributed by atoms with van der Waals surface area (Å²) < 4.78 is 0. The molecule has 0 bridgehead atoms. The van der Waals surface area contributed by atoms with Crippen molar-refractivity contribution in [3.8, 4) is 0 Å². The molecule has 0 saturated heterocycles. The number of nitrogen functional groups attached to an aromatic ring is 1. The number of rotatable bonds is 3. The molecule has 5 nitrogen and oxygen atoms in total. The van der Waals surface area contributed by atoms with Crippen molar-refractivity contribution in [3.63, 3.8) is 0 Å². The third kappa shape index (κ3) is 2.29. The predicted molar refractivity (Wildman–Crippen MR) is 68.5 cm³/mol. The molecule has 0 aliphatic rings. The second-order valence-electron chi connectivity index (χ2n) is 3.90. The van der Waals surface area contributed by atoms with Crippen LogP contribution in [0.4, 0.5) is 5.82 Å². The highest BCUT2D eigenvalue weighted by Gasteiger charge is 2.13. The molecule has 0 unspecified atom stereocenters. The van der Waals surface area contributed by atoms with Crippen molar-refractivity contribution in [1.82, 2.24) is 9.97 Å². The molecule has 0 aliphatic heterocycles. The number of aryl methyl sites for hydroxylation is 1. The fourth-order valence-corrected chi connectivity index (χ4v) is 1.64. The first kappa shape index (κ1) is 12.0. The Bertz CT molecular complexity index is 629. The lowest BCUT2D eigenvalue weighted by Crippen LogP contribution is -2.17. The number of nitrogens with zero attached hydrogens (tertiary/aromatic N) is 1. The molecule has 2 rings (SSSR count). The topological polar surface area (TPSA) is 88.8 Å². The second kappa shape index (κ2) is 4.83. The molecule has 18 heavy (non-hydrogen) atoms. The van der Waals surface area contributed by atoms with Crippen LogP contribution >= 0.6 is 0 Å². The Morgan fingerprint density at radius 2 is 2.00 bits per heavy atom. The van der Waals surface area contributed by atoms with Crippen molar-refractivity contribution in [2.75, 3.05) is 5.73 Å². The van der Waals surface area contributed by atoms with Crippen LogP contribution in [0.25, 0.3) is 0 Å². The molecule has 1 heterocycles. The SMILES string of the molecule is CCc1ccc(C(=O)c2cnc(=O)[nH]c2N)cc1. The van der Waals surface area contributed by atoms with Crippen LogP contribution < -0.4 is 11.4 Å². The van der Waals surface area contributed by atoms with Crippen molar-refractivity contribution in [2.24, 2.45) is 0 Å². The Morgan fingerprint density at radius 3 is 2.56 bits per heavy atom. The number of benzene rings is 1. The fraction of sp³-hybridized carbons (Fsp3) is 0.154. The van der Waals surface area contributed by atoms with Gasteiger partial charge in [-0.25, -0.2) is 9.78 Å². The zero-order valence-corrected chi connectivity index (χ0v) is 9.93. The molecule has 0 amide bonds. The van der Waals surface area contributed by atoms with Gasteiger partial charge in [-0.2, -0.15) is 0 Å². The largest absolute Gasteiger partial charge is 0.384 e. The number of nitrogens with one attached hydrogen (secondary N) is 1. The third-order valence-electron chi connectivity index (χ3n) is 2.71. The van der Waals surface area contributed by atoms with Crippen LogP contribution in [0.3, 0.4) is 0 Å². The highest BCUT2D eigenvalue weighted by Crippen LogP contribution is 2.13. The number of nitrogens with two attached hydrogens (primary N) is 1. The van der Waals surface area contributed by atoms with Crippen molar-refractivity contribution in [2.45, 2.75) is 13.3 Å². The number of hydrogen-bond donors (Lipinski definition) is 2. The average Bonchev–Trinajstić information content (AvgIpc) is 2.38. The molecule has 0 aliphatic carbocycles. The van der Waals surface area contributed by atoms with E-state index >= 15 is 0 Å². The van der Waals surface area contributed by atoms with Gasteiger partial charge in [0.05, 0.1) is 5.56 Å². The lowest BCUT2D eigenvalue weighted by Gasteiger charge is -2.04. The lowest BCUT2D eigenvalue weighted by molar-refractivity contribution is 0.103. The smallest absolute Gasteiger partial charge is 0.346 e. The van der Waals surface area contributed by atoms with Gasteiger partial charge in [0.2, 0.25) is 0 Å². The molecule has 92 valence electrons. The van der Waals surface area contributed by atoms with Gasteiger partial charge in [0.25, 0.3) is 0 Å². The van der Waals surface area contributed by atoms with Crippen molar-refractivity contribution < 1.29 is 4.79 Å². The number of aromatic amines is 1. The molecule has 0 spiro atoms. The van der Waals surface area contributed by atoms with E-state index in [-0.39, 0.29) is 17.2 Å². The molecule has 3 N–H and O–H groups in total. The summed E-state index contributed by atoms with van der Waals surface area (Å²) in [7, 11) is 0. The number of ketones is 1. The molecule has 0 atom stereocenters. The van der Waals surface area contributed by atoms with Crippen LogP contribution in [0, 0.1) is 0 Å². The molecule has 1 aromatic carbocycles. The predicted octanol–water partition coefficient (Wildman–Crippen LogP) is 1.15. The Balaban J connectivity index is 2.38. The van der Waals surface area contributed by atoms with E-state index < -0.39 is 5.69 Å². The van der Waals surface area contributed by atoms with Crippen LogP contribution in [0.15, 0.2) is 35.3 Å². The molecule has 0 radical (unpaired) electrons. The van der Waals surface area contributed by atoms with Gasteiger partial charge in [-0.1, -0.05) is 31.2 Å². The van der Waals surface area contributed by atoms with Crippen LogP contribution in [-0.2, 0) is 6.42 Å². The number of H-pyrrole nitrogens is 1. The monoisotopic (exact) mass is 243 g/mol. The van der Waals surface area contributed by atoms with Crippen LogP contribution in [0.2, 0.25) is 0 Å². The molecule has 0 saturated carbocycles. The molecular weight excluding hydrogens is 230 g/mol. The van der Waals surface area contributed by atoms with Gasteiger partial charge in [0, 0.05) is 11.8 Å². The van der Waals surface area contributed by atoms with Crippen LogP contribution in [-0.4, -0.2) is 15.8 Å². The zero-order valence-electron chi connectivity index (χ0n) is 9.93. The summed E-state index contributed by atoms with van der Waals surface area (Å²) >= 11 is 0. The van der Waals surface area contributed by atoms with Gasteiger partial charge >= 0.3 is 5.69 Å². The van der Waals surface area contributed by atoms with Crippen molar-refractivity contribution in [1.29, 1.82) is 0 Å². The first-order valence-electron chi connectivity index (χ1n) is 5.60. The summed E-state index contributed by atoms with van der Waals surface area (Å²) in [5, 5.41) is 0. The number of carbonyl (C=O) groups is 1. The second-order valence-corrected chi connectivity index (χ2v) is 3.90. The summed E-state index contributed by atoms with van der Waals surface area (Å²) in [6.07, 6.45) is 2.11. The van der Waals surface area contributed by atoms with Gasteiger partial charge < -0.3 is 5.73 Å². The molecule has 5 heteroatoms. The summed E-state index contributed by atoms with van der Waals surface area (Å²) in [5.74, 6) is -0.210. The van der Waals surface area contributed by atoms with E-state index in [1.54, 1.807) is 12.1 Å². The zero-order chi connectivity index (χ0) is 13.1. The standard InChI is InChI=1S/C13H13N3O2/c1-2-8-3-5-9(6-4-8)11(17)10-7-15-13(18)16-12(10)14/h3-7H,2H2,1H3,(H3,14,15,16,18). The van der Waals surface area contributed by atoms with E-state index in [0.29, 0.717) is 5.56 Å². The number of carbonyl (C=O) groups excluding carboxylic acids is 1. The summed E-state index contributed by atoms with van der Waals surface area (Å²) in [6.45, 7) is 2.04. The Labute approximate surface area is 104 Å². The van der Waals surface area contributed by atoms with E-state index in [1.165, 1.54) is 6.20 Å². The van der Waals surface area contributed by atoms with E-state index in [4.69, 9.17) is 5.73 Å². The number of hydrogen-bond acceptors (Lipinski definition) is 4. The van der Waals surface area contributed by atoms with E-state index in [1.807, 2.05) is 19.1 Å². The lowest BCUT2D eigenvalue weighted by atomic mass is 10.0. The first-order chi connectivity index (χ1) is 8.61. The normalized spacial score (nSPS) is 10.3. The van der Waals surface area contributed by atoms with Gasteiger partial charge in [-0.05, 0) is 12.0 Å². The maximum absolute atomic E-state index is 12.1. The van der Waals surface area contributed by atoms with Crippen LogP contribution in [0.5, 0.6) is 0 Å². The number of aromatic nitrogens is 2. The van der Waals surface area contributed by atoms with Gasteiger partial charge in [-0.15, -0.1) is 0 Å². The van der Waals surface area contributed by atoms with E-state index in [0.717, 1.165) is 12.0 Å². The molecule has 0 fully saturated rings. The molecule has 2 aromatic rings. The summed E-state index contributed by atoms with van der Waals surface area (Å²) in [4.78, 5) is 28.9. The minimum atomic E-state index is -0.564. The van der Waals surface area contributed by atoms with Crippen LogP contribution in [0.1, 0.15) is 28.4 Å². The Kier molecular flexibility index (Phi) is 3.23. The molecule has 1 aromatic heterocycles. The highest BCUT2D eigenvalue weighted by molar-refractivity contribution is 6.11. The summed E-state index contributed by atoms with van der Waals surface area (Å²) in [6, 6.07) is 7.27. The minimum Gasteiger partial charge on any atom is -0.384 e. The van der Waals surface area contributed by atoms with Gasteiger partial charge in [0.15, 0.2) is 5.78 Å². The van der Waals surface area contributed by atoms with Crippen molar-refractivity contribution in [3.05, 3.63) is 57.6 Å². The van der Waals surface area contributed by atoms with E-state index in [2.05, 4.69) is 9.97 Å². The Morgan fingerprint density at radius 1 is 1.33 bits per heavy atom. The van der Waals surface area contributed by atoms with E-state index in [9.17, 15) is 9.59 Å². The maximum atomic E-state index is 12.1. The molecular formula is C13H13N3O2. The number of anilines is 1. The summed E-state index contributed by atoms with van der Waals surface area (Å²) in [5.41, 5.74) is 6.92. The fourth-order valence-electron chi connectivity index (χ4n) is 1.64. The van der Waals surface area contributed by atoms with Crippen molar-refractivity contribution >= 4 is 11.6 Å². The first-order valence-corrected chi connectivity index (χ1v) is 5.60. The highest BCUT2D eigenvalue weighted by atomic mass is 16.1. The average molecular weight is 243 g/mol. The maximum Gasteiger partial charge on any atom is 0.346 e. The third-order valence-corrected chi connectivity index (χ3v) is 2.71. The quantitative estimate of drug-likeness (QED) is 0.791. The van der Waals surface area contributed by atoms with Gasteiger partial charge in [-0.3, -0.25) is 9.78 Å².